The van der Waals surface area contributed by atoms with E-state index in [2.05, 4.69) is 27.4 Å². The molecule has 1 heterocycles. The number of aromatic carboxylic acids is 1. The predicted molar refractivity (Wildman–Crippen MR) is 77.0 cm³/mol. The highest BCUT2D eigenvalue weighted by molar-refractivity contribution is 5.86. The number of anilines is 1. The summed E-state index contributed by atoms with van der Waals surface area (Å²) in [5.41, 5.74) is 1.29. The van der Waals surface area contributed by atoms with Gasteiger partial charge >= 0.3 is 5.97 Å². The molecule has 2 rings (SSSR count). The zero-order valence-electron chi connectivity index (χ0n) is 11.3. The van der Waals surface area contributed by atoms with E-state index in [9.17, 15) is 4.79 Å². The molecule has 2 aromatic rings. The molecule has 0 spiro atoms. The highest BCUT2D eigenvalue weighted by Gasteiger charge is 2.09. The minimum absolute atomic E-state index is 0.0269. The lowest BCUT2D eigenvalue weighted by atomic mass is 10.1. The molecule has 5 heteroatoms. The van der Waals surface area contributed by atoms with Crippen molar-refractivity contribution in [3.8, 4) is 0 Å². The predicted octanol–water partition coefficient (Wildman–Crippen LogP) is 2.39. The Morgan fingerprint density at radius 2 is 1.95 bits per heavy atom. The first-order valence-corrected chi connectivity index (χ1v) is 6.52. The summed E-state index contributed by atoms with van der Waals surface area (Å²) in [6, 6.07) is 11.6. The van der Waals surface area contributed by atoms with Gasteiger partial charge in [0.25, 0.3) is 0 Å². The lowest BCUT2D eigenvalue weighted by molar-refractivity contribution is 0.0690. The fourth-order valence-corrected chi connectivity index (χ4v) is 1.94. The van der Waals surface area contributed by atoms with Gasteiger partial charge in [-0.3, -0.25) is 0 Å². The lowest BCUT2D eigenvalue weighted by Gasteiger charge is -2.05. The molecule has 0 bridgehead atoms. The first-order valence-electron chi connectivity index (χ1n) is 6.52. The summed E-state index contributed by atoms with van der Waals surface area (Å²) in [6.07, 6.45) is 2.47. The molecular formula is C15H17N3O2. The number of aryl methyl sites for hydroxylation is 2. The molecule has 0 aliphatic rings. The van der Waals surface area contributed by atoms with E-state index in [4.69, 9.17) is 5.11 Å². The number of nitrogens with one attached hydrogen (secondary N) is 1. The minimum Gasteiger partial charge on any atom is -0.477 e. The van der Waals surface area contributed by atoms with Crippen molar-refractivity contribution in [2.45, 2.75) is 19.3 Å². The number of rotatable bonds is 6. The number of carboxylic acid groups (broad SMARTS) is 1. The molecule has 0 aliphatic carbocycles. The van der Waals surface area contributed by atoms with Gasteiger partial charge in [-0.25, -0.2) is 14.8 Å². The smallest absolute Gasteiger partial charge is 0.354 e. The highest BCUT2D eigenvalue weighted by Crippen LogP contribution is 2.10. The summed E-state index contributed by atoms with van der Waals surface area (Å²) in [7, 11) is 1.71. The molecule has 5 nitrogen and oxygen atoms in total. The normalized spacial score (nSPS) is 10.2. The van der Waals surface area contributed by atoms with Crippen LogP contribution in [0.1, 0.15) is 28.3 Å². The Morgan fingerprint density at radius 1 is 1.20 bits per heavy atom. The monoisotopic (exact) mass is 271 g/mol. The lowest BCUT2D eigenvalue weighted by Crippen LogP contribution is -2.08. The summed E-state index contributed by atoms with van der Waals surface area (Å²) in [5, 5.41) is 11.9. The van der Waals surface area contributed by atoms with Crippen molar-refractivity contribution in [1.29, 1.82) is 0 Å². The minimum atomic E-state index is -1.03. The van der Waals surface area contributed by atoms with Crippen LogP contribution in [0, 0.1) is 0 Å². The van der Waals surface area contributed by atoms with E-state index in [-0.39, 0.29) is 5.69 Å². The second-order valence-corrected chi connectivity index (χ2v) is 4.45. The van der Waals surface area contributed by atoms with Gasteiger partial charge in [0, 0.05) is 19.5 Å². The Bertz CT molecular complexity index is 585. The molecule has 0 fully saturated rings. The Hall–Kier alpha value is -2.43. The molecule has 2 N–H and O–H groups in total. The highest BCUT2D eigenvalue weighted by atomic mass is 16.4. The average Bonchev–Trinajstić information content (AvgIpc) is 2.48. The van der Waals surface area contributed by atoms with Crippen LogP contribution in [-0.4, -0.2) is 28.1 Å². The number of benzene rings is 1. The second-order valence-electron chi connectivity index (χ2n) is 4.45. The van der Waals surface area contributed by atoms with Crippen molar-refractivity contribution in [3.63, 3.8) is 0 Å². The van der Waals surface area contributed by atoms with Crippen molar-refractivity contribution in [2.24, 2.45) is 0 Å². The zero-order chi connectivity index (χ0) is 14.4. The van der Waals surface area contributed by atoms with Crippen molar-refractivity contribution in [1.82, 2.24) is 9.97 Å². The number of hydrogen-bond donors (Lipinski definition) is 2. The van der Waals surface area contributed by atoms with E-state index < -0.39 is 5.97 Å². The number of nitrogens with zero attached hydrogens (tertiary/aromatic N) is 2. The third kappa shape index (κ3) is 3.78. The maximum absolute atomic E-state index is 11.0. The zero-order valence-corrected chi connectivity index (χ0v) is 11.3. The standard InChI is InChI=1S/C15H17N3O2/c1-16-14-10-12(15(19)20)17-13(18-14)9-5-8-11-6-3-2-4-7-11/h2-4,6-7,10H,5,8-9H2,1H3,(H,19,20)(H,16,17,18). The number of hydrogen-bond acceptors (Lipinski definition) is 4. The summed E-state index contributed by atoms with van der Waals surface area (Å²) in [4.78, 5) is 19.3. The van der Waals surface area contributed by atoms with Crippen LogP contribution in [-0.2, 0) is 12.8 Å². The summed E-state index contributed by atoms with van der Waals surface area (Å²) < 4.78 is 0. The van der Waals surface area contributed by atoms with Gasteiger partial charge in [-0.1, -0.05) is 30.3 Å². The Balaban J connectivity index is 2.02. The van der Waals surface area contributed by atoms with Crippen molar-refractivity contribution < 1.29 is 9.90 Å². The Morgan fingerprint density at radius 3 is 2.60 bits per heavy atom. The van der Waals surface area contributed by atoms with Gasteiger partial charge in [-0.2, -0.15) is 0 Å². The first kappa shape index (κ1) is 14.0. The van der Waals surface area contributed by atoms with Crippen LogP contribution in [0.5, 0.6) is 0 Å². The maximum Gasteiger partial charge on any atom is 0.354 e. The van der Waals surface area contributed by atoms with Crippen LogP contribution in [0.3, 0.4) is 0 Å². The van der Waals surface area contributed by atoms with Gasteiger partial charge in [0.15, 0.2) is 5.69 Å². The third-order valence-electron chi connectivity index (χ3n) is 2.96. The van der Waals surface area contributed by atoms with Gasteiger partial charge < -0.3 is 10.4 Å². The van der Waals surface area contributed by atoms with Crippen LogP contribution in [0.25, 0.3) is 0 Å². The quantitative estimate of drug-likeness (QED) is 0.843. The largest absolute Gasteiger partial charge is 0.477 e. The molecule has 0 amide bonds. The molecule has 0 saturated carbocycles. The van der Waals surface area contributed by atoms with E-state index in [1.165, 1.54) is 11.6 Å². The summed E-state index contributed by atoms with van der Waals surface area (Å²) >= 11 is 0. The number of carbonyl (C=O) groups is 1. The fourth-order valence-electron chi connectivity index (χ4n) is 1.94. The summed E-state index contributed by atoms with van der Waals surface area (Å²) in [5.74, 6) is 0.0606. The van der Waals surface area contributed by atoms with Crippen molar-refractivity contribution in [2.75, 3.05) is 12.4 Å². The molecule has 1 aromatic heterocycles. The van der Waals surface area contributed by atoms with E-state index in [0.29, 0.717) is 18.1 Å². The van der Waals surface area contributed by atoms with Gasteiger partial charge in [0.1, 0.15) is 11.6 Å². The SMILES string of the molecule is CNc1cc(C(=O)O)nc(CCCc2ccccc2)n1. The summed E-state index contributed by atoms with van der Waals surface area (Å²) in [6.45, 7) is 0. The van der Waals surface area contributed by atoms with Crippen LogP contribution in [0.4, 0.5) is 5.82 Å². The average molecular weight is 271 g/mol. The molecule has 1 aromatic carbocycles. The Labute approximate surface area is 117 Å². The van der Waals surface area contributed by atoms with Gasteiger partial charge in [-0.15, -0.1) is 0 Å². The van der Waals surface area contributed by atoms with Crippen LogP contribution in [0.15, 0.2) is 36.4 Å². The van der Waals surface area contributed by atoms with Gasteiger partial charge in [0.05, 0.1) is 0 Å². The molecule has 20 heavy (non-hydrogen) atoms. The maximum atomic E-state index is 11.0. The van der Waals surface area contributed by atoms with Crippen LogP contribution in [0.2, 0.25) is 0 Å². The number of carboxylic acids is 1. The molecule has 0 radical (unpaired) electrons. The van der Waals surface area contributed by atoms with Crippen LogP contribution >= 0.6 is 0 Å². The molecule has 0 saturated heterocycles. The van der Waals surface area contributed by atoms with E-state index in [1.54, 1.807) is 7.05 Å². The Kier molecular flexibility index (Phi) is 4.65. The second kappa shape index (κ2) is 6.65. The van der Waals surface area contributed by atoms with E-state index in [1.807, 2.05) is 18.2 Å². The molecule has 0 atom stereocenters. The molecule has 0 aliphatic heterocycles. The fraction of sp³-hybridized carbons (Fsp3) is 0.267. The van der Waals surface area contributed by atoms with Gasteiger partial charge in [-0.05, 0) is 18.4 Å². The van der Waals surface area contributed by atoms with E-state index in [0.717, 1.165) is 12.8 Å². The molecule has 104 valence electrons. The molecular weight excluding hydrogens is 254 g/mol. The third-order valence-corrected chi connectivity index (χ3v) is 2.96. The van der Waals surface area contributed by atoms with Crippen LogP contribution < -0.4 is 5.32 Å². The molecule has 0 unspecified atom stereocenters. The van der Waals surface area contributed by atoms with Crippen molar-refractivity contribution >= 4 is 11.8 Å². The van der Waals surface area contributed by atoms with Gasteiger partial charge in [0.2, 0.25) is 0 Å². The van der Waals surface area contributed by atoms with E-state index >= 15 is 0 Å². The van der Waals surface area contributed by atoms with Crippen molar-refractivity contribution in [3.05, 3.63) is 53.5 Å². The first-order chi connectivity index (χ1) is 9.69. The topological polar surface area (TPSA) is 75.1 Å². The number of aromatic nitrogens is 2.